The summed E-state index contributed by atoms with van der Waals surface area (Å²) in [7, 11) is 1.62. The van der Waals surface area contributed by atoms with E-state index < -0.39 is 0 Å². The fraction of sp³-hybridized carbons (Fsp3) is 0.462. The summed E-state index contributed by atoms with van der Waals surface area (Å²) in [6.45, 7) is 5.95. The maximum absolute atomic E-state index is 12.3. The molecule has 0 saturated heterocycles. The first-order valence-electron chi connectivity index (χ1n) is 11.5. The number of amides is 1. The van der Waals surface area contributed by atoms with Crippen LogP contribution < -0.4 is 14.8 Å². The van der Waals surface area contributed by atoms with E-state index in [4.69, 9.17) is 9.47 Å². The molecule has 1 heterocycles. The fourth-order valence-corrected chi connectivity index (χ4v) is 4.23. The van der Waals surface area contributed by atoms with Gasteiger partial charge in [-0.1, -0.05) is 25.3 Å². The van der Waals surface area contributed by atoms with Gasteiger partial charge in [0.15, 0.2) is 11.5 Å². The maximum atomic E-state index is 12.3. The van der Waals surface area contributed by atoms with Crippen LogP contribution >= 0.6 is 0 Å². The molecule has 1 aromatic heterocycles. The summed E-state index contributed by atoms with van der Waals surface area (Å²) in [6.07, 6.45) is 13.2. The van der Waals surface area contributed by atoms with E-state index >= 15 is 0 Å². The van der Waals surface area contributed by atoms with E-state index in [1.807, 2.05) is 30.3 Å². The Kier molecular flexibility index (Phi) is 9.11. The second-order valence-corrected chi connectivity index (χ2v) is 8.45. The molecule has 6 nitrogen and oxygen atoms in total. The lowest BCUT2D eigenvalue weighted by atomic mass is 9.93. The highest BCUT2D eigenvalue weighted by Gasteiger charge is 2.23. The van der Waals surface area contributed by atoms with Gasteiger partial charge in [-0.25, -0.2) is 0 Å². The van der Waals surface area contributed by atoms with Crippen LogP contribution in [0.5, 0.6) is 11.5 Å². The summed E-state index contributed by atoms with van der Waals surface area (Å²) in [5, 5.41) is 2.88. The first-order chi connectivity index (χ1) is 15.6. The molecule has 1 aliphatic carbocycles. The lowest BCUT2D eigenvalue weighted by Gasteiger charge is -2.37. The third kappa shape index (κ3) is 7.09. The zero-order valence-electron chi connectivity index (χ0n) is 19.4. The molecule has 32 heavy (non-hydrogen) atoms. The second kappa shape index (κ2) is 12.2. The van der Waals surface area contributed by atoms with Crippen molar-refractivity contribution in [2.45, 2.75) is 58.0 Å². The van der Waals surface area contributed by atoms with Gasteiger partial charge in [0.25, 0.3) is 0 Å². The SMILES string of the molecule is COc1ccc(NC(=O)C=Cc2cccnc2)cc1OCCN(C(C)C)C1CCCCC1. The molecule has 1 fully saturated rings. The molecule has 1 aliphatic rings. The molecule has 0 bridgehead atoms. The summed E-state index contributed by atoms with van der Waals surface area (Å²) < 4.78 is 11.6. The van der Waals surface area contributed by atoms with Crippen LogP contribution in [0.15, 0.2) is 48.8 Å². The van der Waals surface area contributed by atoms with E-state index in [-0.39, 0.29) is 5.91 Å². The van der Waals surface area contributed by atoms with Crippen molar-refractivity contribution in [3.63, 3.8) is 0 Å². The van der Waals surface area contributed by atoms with Crippen molar-refractivity contribution in [3.05, 3.63) is 54.4 Å². The van der Waals surface area contributed by atoms with Gasteiger partial charge >= 0.3 is 0 Å². The van der Waals surface area contributed by atoms with Crippen molar-refractivity contribution < 1.29 is 14.3 Å². The Morgan fingerprint density at radius 3 is 2.72 bits per heavy atom. The van der Waals surface area contributed by atoms with E-state index in [2.05, 4.69) is 29.0 Å². The van der Waals surface area contributed by atoms with Crippen LogP contribution in [-0.2, 0) is 4.79 Å². The van der Waals surface area contributed by atoms with Gasteiger partial charge in [0, 0.05) is 48.9 Å². The molecule has 0 radical (unpaired) electrons. The van der Waals surface area contributed by atoms with Gasteiger partial charge < -0.3 is 14.8 Å². The lowest BCUT2D eigenvalue weighted by molar-refractivity contribution is -0.111. The second-order valence-electron chi connectivity index (χ2n) is 8.45. The monoisotopic (exact) mass is 437 g/mol. The number of anilines is 1. The fourth-order valence-electron chi connectivity index (χ4n) is 4.23. The number of hydrogen-bond acceptors (Lipinski definition) is 5. The van der Waals surface area contributed by atoms with Gasteiger partial charge in [-0.2, -0.15) is 0 Å². The molecule has 1 aromatic carbocycles. The van der Waals surface area contributed by atoms with Crippen LogP contribution in [0, 0.1) is 0 Å². The highest BCUT2D eigenvalue weighted by Crippen LogP contribution is 2.31. The highest BCUT2D eigenvalue weighted by atomic mass is 16.5. The molecule has 0 atom stereocenters. The Bertz CT molecular complexity index is 877. The minimum absolute atomic E-state index is 0.215. The molecule has 172 valence electrons. The average molecular weight is 438 g/mol. The van der Waals surface area contributed by atoms with Crippen LogP contribution in [0.2, 0.25) is 0 Å². The largest absolute Gasteiger partial charge is 0.493 e. The smallest absolute Gasteiger partial charge is 0.248 e. The third-order valence-corrected chi connectivity index (χ3v) is 5.86. The number of methoxy groups -OCH3 is 1. The topological polar surface area (TPSA) is 63.7 Å². The number of pyridine rings is 1. The number of rotatable bonds is 10. The average Bonchev–Trinajstić information content (AvgIpc) is 2.81. The van der Waals surface area contributed by atoms with Crippen LogP contribution in [0.4, 0.5) is 5.69 Å². The third-order valence-electron chi connectivity index (χ3n) is 5.86. The van der Waals surface area contributed by atoms with E-state index in [1.54, 1.807) is 25.6 Å². The molecule has 1 N–H and O–H groups in total. The standard InChI is InChI=1S/C26H35N3O3/c1-20(2)29(23-9-5-4-6-10-23)16-17-32-25-18-22(12-13-24(25)31-3)28-26(30)14-11-21-8-7-15-27-19-21/h7-8,11-15,18-20,23H,4-6,9-10,16-17H2,1-3H3,(H,28,30). The molecule has 1 amide bonds. The Hall–Kier alpha value is -2.86. The molecule has 1 saturated carbocycles. The van der Waals surface area contributed by atoms with E-state index in [0.717, 1.165) is 12.1 Å². The zero-order chi connectivity index (χ0) is 22.8. The van der Waals surface area contributed by atoms with Gasteiger partial charge in [-0.05, 0) is 56.5 Å². The van der Waals surface area contributed by atoms with Gasteiger partial charge in [0.05, 0.1) is 7.11 Å². The summed E-state index contributed by atoms with van der Waals surface area (Å²) in [5.74, 6) is 1.07. The van der Waals surface area contributed by atoms with E-state index in [9.17, 15) is 4.79 Å². The van der Waals surface area contributed by atoms with Crippen LogP contribution in [0.25, 0.3) is 6.08 Å². The van der Waals surface area contributed by atoms with Crippen molar-refractivity contribution in [2.24, 2.45) is 0 Å². The molecular weight excluding hydrogens is 402 g/mol. The van der Waals surface area contributed by atoms with E-state index in [0.29, 0.717) is 35.9 Å². The van der Waals surface area contributed by atoms with Gasteiger partial charge in [0.1, 0.15) is 6.61 Å². The Morgan fingerprint density at radius 1 is 1.22 bits per heavy atom. The van der Waals surface area contributed by atoms with Crippen molar-refractivity contribution in [1.82, 2.24) is 9.88 Å². The molecule has 6 heteroatoms. The Balaban J connectivity index is 1.59. The van der Waals surface area contributed by atoms with Gasteiger partial charge in [-0.3, -0.25) is 14.7 Å². The number of hydrogen-bond donors (Lipinski definition) is 1. The minimum atomic E-state index is -0.215. The summed E-state index contributed by atoms with van der Waals surface area (Å²) >= 11 is 0. The number of aromatic nitrogens is 1. The van der Waals surface area contributed by atoms with Crippen molar-refractivity contribution in [2.75, 3.05) is 25.6 Å². The highest BCUT2D eigenvalue weighted by molar-refractivity contribution is 6.02. The van der Waals surface area contributed by atoms with Crippen molar-refractivity contribution in [1.29, 1.82) is 0 Å². The maximum Gasteiger partial charge on any atom is 0.248 e. The van der Waals surface area contributed by atoms with Gasteiger partial charge in [0.2, 0.25) is 5.91 Å². The quantitative estimate of drug-likeness (QED) is 0.520. The molecule has 2 aromatic rings. The van der Waals surface area contributed by atoms with Crippen LogP contribution in [0.1, 0.15) is 51.5 Å². The lowest BCUT2D eigenvalue weighted by Crippen LogP contribution is -2.43. The minimum Gasteiger partial charge on any atom is -0.493 e. The predicted octanol–water partition coefficient (Wildman–Crippen LogP) is 5.16. The van der Waals surface area contributed by atoms with Gasteiger partial charge in [-0.15, -0.1) is 0 Å². The van der Waals surface area contributed by atoms with Crippen molar-refractivity contribution in [3.8, 4) is 11.5 Å². The molecular formula is C26H35N3O3. The zero-order valence-corrected chi connectivity index (χ0v) is 19.4. The number of carbonyl (C=O) groups excluding carboxylic acids is 1. The summed E-state index contributed by atoms with van der Waals surface area (Å²) in [5.41, 5.74) is 1.53. The number of benzene rings is 1. The van der Waals surface area contributed by atoms with Crippen molar-refractivity contribution >= 4 is 17.7 Å². The van der Waals surface area contributed by atoms with E-state index in [1.165, 1.54) is 38.2 Å². The Labute approximate surface area is 191 Å². The van der Waals surface area contributed by atoms with Crippen LogP contribution in [0.3, 0.4) is 0 Å². The number of ether oxygens (including phenoxy) is 2. The predicted molar refractivity (Wildman–Crippen MR) is 129 cm³/mol. The Morgan fingerprint density at radius 2 is 2.03 bits per heavy atom. The molecule has 0 spiro atoms. The molecule has 0 aliphatic heterocycles. The summed E-state index contributed by atoms with van der Waals surface area (Å²) in [4.78, 5) is 18.9. The van der Waals surface area contributed by atoms with Crippen LogP contribution in [-0.4, -0.2) is 48.1 Å². The molecule has 0 unspecified atom stereocenters. The summed E-state index contributed by atoms with van der Waals surface area (Å²) in [6, 6.07) is 10.3. The number of nitrogens with one attached hydrogen (secondary N) is 1. The number of carbonyl (C=O) groups is 1. The number of nitrogens with zero attached hydrogens (tertiary/aromatic N) is 2. The first-order valence-corrected chi connectivity index (χ1v) is 11.5. The first kappa shape index (κ1) is 23.8. The molecule has 3 rings (SSSR count). The normalized spacial score (nSPS) is 14.8.